The first kappa shape index (κ1) is 66.5. The third-order valence-corrected chi connectivity index (χ3v) is 15.9. The summed E-state index contributed by atoms with van der Waals surface area (Å²) < 4.78 is 0. The van der Waals surface area contributed by atoms with E-state index in [-0.39, 0.29) is 58.9 Å². The molecule has 2 atom stereocenters. The van der Waals surface area contributed by atoms with E-state index >= 15 is 0 Å². The Bertz CT molecular complexity index is 3050. The molecule has 0 radical (unpaired) electrons. The molecule has 0 amide bonds. The van der Waals surface area contributed by atoms with Crippen LogP contribution in [0.2, 0.25) is 0 Å². The minimum absolute atomic E-state index is 0. The predicted molar refractivity (Wildman–Crippen MR) is 352 cm³/mol. The summed E-state index contributed by atoms with van der Waals surface area (Å²) in [5.74, 6) is 2.37. The smallest absolute Gasteiger partial charge is 0.0943 e. The van der Waals surface area contributed by atoms with Gasteiger partial charge in [-0.3, -0.25) is 9.97 Å². The van der Waals surface area contributed by atoms with Gasteiger partial charge in [0.1, 0.15) is 0 Å². The number of benzene rings is 6. The summed E-state index contributed by atoms with van der Waals surface area (Å²) in [5.41, 5.74) is 24.5. The molecule has 2 aliphatic rings. The van der Waals surface area contributed by atoms with Gasteiger partial charge < -0.3 is 42.3 Å². The normalized spacial score (nSPS) is 13.2. The molecule has 4 heterocycles. The van der Waals surface area contributed by atoms with Gasteiger partial charge in [0.2, 0.25) is 0 Å². The van der Waals surface area contributed by atoms with E-state index in [1.807, 2.05) is 0 Å². The van der Waals surface area contributed by atoms with Crippen LogP contribution in [-0.2, 0) is 38.7 Å². The molecule has 5 N–H and O–H groups in total. The largest absolute Gasteiger partial charge is 0.693 e. The van der Waals surface area contributed by atoms with Crippen LogP contribution in [0.1, 0.15) is 211 Å². The second kappa shape index (κ2) is 30.3. The van der Waals surface area contributed by atoms with Crippen molar-refractivity contribution in [1.29, 1.82) is 0 Å². The Kier molecular flexibility index (Phi) is 24.5. The van der Waals surface area contributed by atoms with E-state index in [2.05, 4.69) is 257 Å². The molecule has 0 aliphatic carbocycles. The van der Waals surface area contributed by atoms with E-state index in [4.69, 9.17) is 15.3 Å². The third kappa shape index (κ3) is 14.9. The van der Waals surface area contributed by atoms with Crippen molar-refractivity contribution in [2.24, 2.45) is 0 Å². The summed E-state index contributed by atoms with van der Waals surface area (Å²) in [6.45, 7) is 29.3. The monoisotopic (exact) mass is 1260 g/mol. The number of aromatic nitrogens is 2. The van der Waals surface area contributed by atoms with E-state index < -0.39 is 0 Å². The number of para-hydroxylation sites is 4. The Balaban J connectivity index is 0.000000287. The molecule has 0 bridgehead atoms. The molecular formula is C74H93HfN7-4. The van der Waals surface area contributed by atoms with E-state index in [9.17, 15) is 0 Å². The number of aryl methyl sites for hydroxylation is 2. The minimum atomic E-state index is -0.201. The maximum absolute atomic E-state index is 5.63. The molecule has 2 aromatic heterocycles. The topological polar surface area (TPSA) is 109 Å². The molecule has 8 aromatic rings. The molecule has 0 fully saturated rings. The van der Waals surface area contributed by atoms with E-state index in [0.717, 1.165) is 54.4 Å². The van der Waals surface area contributed by atoms with Crippen LogP contribution in [0, 0.1) is 14.9 Å². The zero-order valence-corrected chi connectivity index (χ0v) is 55.4. The number of hydrogen-bond acceptors (Lipinski definition) is 5. The summed E-state index contributed by atoms with van der Waals surface area (Å²) in [5, 5.41) is 17.0. The SMILES string of the molecule is CC(C)c1ccccc1C(Nc1c(C(C)C)cccc1C(C)C)c1cccc(-c2cccc3c2NCCC3)n1.CC(C)c1ccccc1C([N-]c1c(C(C)C)cccc1C(C)C)c1cccc(-c2cccc3c2NCCC3)n1.[CH3-].[CH3-].[Hf].[NH2-]. The molecule has 2 unspecified atom stereocenters. The minimum Gasteiger partial charge on any atom is -0.693 e. The summed E-state index contributed by atoms with van der Waals surface area (Å²) in [7, 11) is 0. The fourth-order valence-electron chi connectivity index (χ4n) is 11.8. The van der Waals surface area contributed by atoms with Gasteiger partial charge in [0, 0.05) is 72.8 Å². The first-order valence-electron chi connectivity index (χ1n) is 29.3. The molecule has 0 spiro atoms. The summed E-state index contributed by atoms with van der Waals surface area (Å²) >= 11 is 0. The fraction of sp³-hybridized carbons (Fsp3) is 0.351. The van der Waals surface area contributed by atoms with Crippen LogP contribution in [0.25, 0.3) is 34.0 Å². The number of fused-ring (bicyclic) bond motifs is 2. The molecular weight excluding hydrogens is 1170 g/mol. The Hall–Kier alpha value is -6.35. The average molecular weight is 1260 g/mol. The Labute approximate surface area is 514 Å². The van der Waals surface area contributed by atoms with Gasteiger partial charge in [0.05, 0.1) is 23.1 Å². The van der Waals surface area contributed by atoms with Crippen molar-refractivity contribution in [1.82, 2.24) is 9.97 Å². The number of hydrogen-bond donors (Lipinski definition) is 3. The zero-order chi connectivity index (χ0) is 55.0. The van der Waals surface area contributed by atoms with Crippen molar-refractivity contribution >= 4 is 22.7 Å². The second-order valence-electron chi connectivity index (χ2n) is 23.5. The Morgan fingerprint density at radius 1 is 0.402 bits per heavy atom. The number of nitrogens with zero attached hydrogens (tertiary/aromatic N) is 3. The summed E-state index contributed by atoms with van der Waals surface area (Å²) in [6, 6.07) is 57.0. The van der Waals surface area contributed by atoms with Crippen LogP contribution in [0.3, 0.4) is 0 Å². The number of nitrogens with one attached hydrogen (secondary N) is 3. The van der Waals surface area contributed by atoms with Gasteiger partial charge >= 0.3 is 0 Å². The molecule has 2 aliphatic heterocycles. The summed E-state index contributed by atoms with van der Waals surface area (Å²) in [6.07, 6.45) is 4.57. The Morgan fingerprint density at radius 2 is 0.768 bits per heavy atom. The van der Waals surface area contributed by atoms with Crippen molar-refractivity contribution < 1.29 is 25.8 Å². The van der Waals surface area contributed by atoms with Crippen molar-refractivity contribution in [2.45, 2.75) is 156 Å². The number of anilines is 3. The molecule has 8 heteroatoms. The third-order valence-electron chi connectivity index (χ3n) is 15.9. The van der Waals surface area contributed by atoms with Crippen LogP contribution in [-0.4, -0.2) is 23.1 Å². The van der Waals surface area contributed by atoms with Crippen LogP contribution in [0.15, 0.2) is 158 Å². The second-order valence-corrected chi connectivity index (χ2v) is 23.5. The standard InChI is InChI=1S/C36H43N3.C36H42N3.2CH3.Hf.H2N/c2*1-23(2)27-15-7-8-16-30(27)36(39-35-28(24(3)4)17-10-18-29(35)25(5)6)33-21-11-20-32(38-33)31-19-9-13-26-14-12-22-37-34(26)31;;;;/h7-11,13,15-21,23-25,36-37,39H,12,14,22H2,1-6H3;7-11,13,15-21,23-25,36-37H,12,14,22H2,1-6H3;2*1H3;;1H2/q;3*-1;;-1. The van der Waals surface area contributed by atoms with E-state index in [1.54, 1.807) is 0 Å². The molecule has 82 heavy (non-hydrogen) atoms. The molecule has 6 aromatic carbocycles. The van der Waals surface area contributed by atoms with Crippen molar-refractivity contribution in [3.63, 3.8) is 0 Å². The van der Waals surface area contributed by atoms with Crippen molar-refractivity contribution in [2.75, 3.05) is 29.0 Å². The zero-order valence-electron chi connectivity index (χ0n) is 51.8. The molecule has 0 saturated heterocycles. The molecule has 0 saturated carbocycles. The van der Waals surface area contributed by atoms with Gasteiger partial charge in [0.25, 0.3) is 0 Å². The predicted octanol–water partition coefficient (Wildman–Crippen LogP) is 21.6. The van der Waals surface area contributed by atoms with Crippen molar-refractivity contribution in [3.05, 3.63) is 251 Å². The van der Waals surface area contributed by atoms with Crippen LogP contribution >= 0.6 is 0 Å². The first-order chi connectivity index (χ1) is 37.7. The molecule has 10 rings (SSSR count). The van der Waals surface area contributed by atoms with Crippen LogP contribution in [0.5, 0.6) is 0 Å². The van der Waals surface area contributed by atoms with E-state index in [1.165, 1.54) is 96.7 Å². The first-order valence-corrected chi connectivity index (χ1v) is 29.3. The van der Waals surface area contributed by atoms with Crippen LogP contribution in [0.4, 0.5) is 22.7 Å². The number of nitrogens with two attached hydrogens (primary N) is 1. The van der Waals surface area contributed by atoms with Gasteiger partial charge in [-0.25, -0.2) is 0 Å². The molecule has 7 nitrogen and oxygen atoms in total. The number of rotatable bonds is 16. The average Bonchev–Trinajstić information content (AvgIpc) is 3.66. The maximum Gasteiger partial charge on any atom is 0.0943 e. The van der Waals surface area contributed by atoms with Gasteiger partial charge in [-0.1, -0.05) is 233 Å². The summed E-state index contributed by atoms with van der Waals surface area (Å²) in [4.78, 5) is 10.7. The van der Waals surface area contributed by atoms with Crippen molar-refractivity contribution in [3.8, 4) is 22.5 Å². The van der Waals surface area contributed by atoms with Gasteiger partial charge in [-0.15, -0.1) is 5.69 Å². The van der Waals surface area contributed by atoms with Gasteiger partial charge in [0.15, 0.2) is 0 Å². The van der Waals surface area contributed by atoms with Gasteiger partial charge in [-0.05, 0) is 130 Å². The number of pyridine rings is 2. The fourth-order valence-corrected chi connectivity index (χ4v) is 11.8. The Morgan fingerprint density at radius 3 is 1.23 bits per heavy atom. The maximum atomic E-state index is 5.63. The molecule has 432 valence electrons. The van der Waals surface area contributed by atoms with E-state index in [0.29, 0.717) is 35.5 Å². The van der Waals surface area contributed by atoms with Gasteiger partial charge in [-0.2, -0.15) is 0 Å². The van der Waals surface area contributed by atoms with Crippen LogP contribution < -0.4 is 16.0 Å². The quantitative estimate of drug-likeness (QED) is 0.0660.